The monoisotopic (exact) mass is 628 g/mol. The van der Waals surface area contributed by atoms with Crippen molar-refractivity contribution in [1.29, 1.82) is 0 Å². The van der Waals surface area contributed by atoms with E-state index in [1.54, 1.807) is 6.07 Å². The zero-order valence-corrected chi connectivity index (χ0v) is 25.9. The summed E-state index contributed by atoms with van der Waals surface area (Å²) < 4.78 is 10.5. The summed E-state index contributed by atoms with van der Waals surface area (Å²) in [5, 5.41) is 6.11. The van der Waals surface area contributed by atoms with Gasteiger partial charge in [-0.25, -0.2) is 14.8 Å². The lowest BCUT2D eigenvalue weighted by Crippen LogP contribution is -2.46. The molecule has 0 spiro atoms. The van der Waals surface area contributed by atoms with E-state index in [1.165, 1.54) is 38.6 Å². The number of hydrogen-bond donors (Lipinski definition) is 3. The Morgan fingerprint density at radius 2 is 1.70 bits per heavy atom. The zero-order chi connectivity index (χ0) is 31.3. The van der Waals surface area contributed by atoms with Gasteiger partial charge in [0, 0.05) is 67.9 Å². The number of urea groups is 1. The molecule has 228 valence electrons. The molecule has 0 radical (unpaired) electrons. The average Bonchev–Trinajstić information content (AvgIpc) is 3.02. The van der Waals surface area contributed by atoms with Gasteiger partial charge < -0.3 is 35.6 Å². The Hall–Kier alpha value is -4.26. The van der Waals surface area contributed by atoms with E-state index in [0.29, 0.717) is 17.1 Å². The van der Waals surface area contributed by atoms with Crippen LogP contribution in [0.25, 0.3) is 5.57 Å². The molecule has 0 saturated carbocycles. The van der Waals surface area contributed by atoms with Crippen LogP contribution in [-0.4, -0.2) is 80.8 Å². The second kappa shape index (κ2) is 13.8. The van der Waals surface area contributed by atoms with E-state index in [1.807, 2.05) is 18.2 Å². The average molecular weight is 630 g/mol. The van der Waals surface area contributed by atoms with E-state index < -0.39 is 11.9 Å². The Morgan fingerprint density at radius 1 is 1.05 bits per heavy atom. The number of carbonyl (C=O) groups excluding carboxylic acids is 2. The largest absolute Gasteiger partial charge is 0.495 e. The molecule has 14 heteroatoms. The Labute approximate surface area is 260 Å². The molecule has 1 aliphatic rings. The number of primary amides is 1. The van der Waals surface area contributed by atoms with Gasteiger partial charge in [-0.05, 0) is 24.7 Å². The van der Waals surface area contributed by atoms with Gasteiger partial charge in [0.25, 0.3) is 0 Å². The minimum Gasteiger partial charge on any atom is -0.495 e. The van der Waals surface area contributed by atoms with Gasteiger partial charge in [0.1, 0.15) is 39.5 Å². The van der Waals surface area contributed by atoms with Crippen molar-refractivity contribution in [3.63, 3.8) is 0 Å². The maximum absolute atomic E-state index is 13.2. The molecular formula is C29H34Cl2N8O4. The standard InChI is InChI=1S/C29H34Cl2N8O4/c1-6-38-9-11-39(12-10-38)18-7-8-20(19(13-18)17(2)28(32)40)35-23-15-24(34-16-33-23)37(3)29(41)36-27-25(30)21(42-4)14-22(43-5)26(27)31/h7-8,13-16H,2,6,9-12H2,1,3-5H3,(H2,32,40)(H,36,41)(H,33,34,35). The lowest BCUT2D eigenvalue weighted by Gasteiger charge is -2.35. The maximum atomic E-state index is 13.2. The number of aromatic nitrogens is 2. The Morgan fingerprint density at radius 3 is 2.28 bits per heavy atom. The number of rotatable bonds is 10. The van der Waals surface area contributed by atoms with Crippen LogP contribution in [0.3, 0.4) is 0 Å². The Bertz CT molecular complexity index is 1500. The fraction of sp³-hybridized carbons (Fsp3) is 0.310. The van der Waals surface area contributed by atoms with Crippen LogP contribution in [0.5, 0.6) is 11.5 Å². The fourth-order valence-electron chi connectivity index (χ4n) is 4.57. The molecule has 12 nitrogen and oxygen atoms in total. The van der Waals surface area contributed by atoms with Crippen molar-refractivity contribution in [1.82, 2.24) is 14.9 Å². The maximum Gasteiger partial charge on any atom is 0.327 e. The Kier molecular flexibility index (Phi) is 10.2. The number of carbonyl (C=O) groups is 2. The molecule has 1 fully saturated rings. The molecule has 0 bridgehead atoms. The molecule has 0 unspecified atom stereocenters. The highest BCUT2D eigenvalue weighted by Crippen LogP contribution is 2.44. The predicted molar refractivity (Wildman–Crippen MR) is 171 cm³/mol. The third-order valence-corrected chi connectivity index (χ3v) is 7.93. The molecule has 3 aromatic rings. The number of benzene rings is 2. The first-order valence-electron chi connectivity index (χ1n) is 13.4. The van der Waals surface area contributed by atoms with Gasteiger partial charge in [0.05, 0.1) is 19.9 Å². The smallest absolute Gasteiger partial charge is 0.327 e. The van der Waals surface area contributed by atoms with Crippen LogP contribution in [0, 0.1) is 0 Å². The van der Waals surface area contributed by atoms with Gasteiger partial charge in [0.2, 0.25) is 5.91 Å². The summed E-state index contributed by atoms with van der Waals surface area (Å²) in [6, 6.07) is 8.23. The zero-order valence-electron chi connectivity index (χ0n) is 24.4. The van der Waals surface area contributed by atoms with E-state index >= 15 is 0 Å². The summed E-state index contributed by atoms with van der Waals surface area (Å²) in [5.74, 6) is 0.542. The lowest BCUT2D eigenvalue weighted by molar-refractivity contribution is -0.112. The molecule has 4 N–H and O–H groups in total. The van der Waals surface area contributed by atoms with Gasteiger partial charge in [-0.15, -0.1) is 0 Å². The van der Waals surface area contributed by atoms with E-state index in [-0.39, 0.29) is 38.6 Å². The molecule has 1 saturated heterocycles. The highest BCUT2D eigenvalue weighted by molar-refractivity contribution is 6.41. The highest BCUT2D eigenvalue weighted by Gasteiger charge is 2.23. The van der Waals surface area contributed by atoms with Crippen molar-refractivity contribution >= 4 is 69.4 Å². The number of amides is 3. The van der Waals surface area contributed by atoms with Crippen molar-refractivity contribution in [3.05, 3.63) is 58.8 Å². The summed E-state index contributed by atoms with van der Waals surface area (Å²) >= 11 is 12.8. The third-order valence-electron chi connectivity index (χ3n) is 7.18. The molecule has 1 aliphatic heterocycles. The van der Waals surface area contributed by atoms with Crippen LogP contribution in [-0.2, 0) is 4.79 Å². The number of nitrogens with zero attached hydrogens (tertiary/aromatic N) is 5. The van der Waals surface area contributed by atoms with Gasteiger partial charge in [0.15, 0.2) is 0 Å². The van der Waals surface area contributed by atoms with Gasteiger partial charge in [-0.1, -0.05) is 36.7 Å². The number of methoxy groups -OCH3 is 2. The molecular weight excluding hydrogens is 595 g/mol. The summed E-state index contributed by atoms with van der Waals surface area (Å²) in [7, 11) is 4.40. The van der Waals surface area contributed by atoms with Crippen LogP contribution in [0.1, 0.15) is 12.5 Å². The summed E-state index contributed by atoms with van der Waals surface area (Å²) in [5.41, 5.74) is 7.97. The summed E-state index contributed by atoms with van der Waals surface area (Å²) in [6.07, 6.45) is 1.31. The van der Waals surface area contributed by atoms with Crippen molar-refractivity contribution in [2.24, 2.45) is 5.73 Å². The summed E-state index contributed by atoms with van der Waals surface area (Å²) in [4.78, 5) is 39.8. The number of anilines is 5. The molecule has 0 atom stereocenters. The molecule has 4 rings (SSSR count). The molecule has 2 aromatic carbocycles. The third kappa shape index (κ3) is 7.04. The van der Waals surface area contributed by atoms with Crippen LogP contribution in [0.2, 0.25) is 10.0 Å². The normalized spacial score (nSPS) is 13.3. The quantitative estimate of drug-likeness (QED) is 0.269. The number of likely N-dealkylation sites (N-methyl/N-ethyl adjacent to an activating group) is 1. The first-order chi connectivity index (χ1) is 20.6. The lowest BCUT2D eigenvalue weighted by atomic mass is 10.0. The van der Waals surface area contributed by atoms with Gasteiger partial charge >= 0.3 is 6.03 Å². The Balaban J connectivity index is 1.57. The second-order valence-corrected chi connectivity index (χ2v) is 10.4. The first-order valence-corrected chi connectivity index (χ1v) is 14.2. The number of piperazine rings is 1. The first kappa shape index (κ1) is 31.7. The number of halogens is 2. The van der Waals surface area contributed by atoms with E-state index in [4.69, 9.17) is 38.4 Å². The molecule has 3 amide bonds. The molecule has 43 heavy (non-hydrogen) atoms. The second-order valence-electron chi connectivity index (χ2n) is 9.65. The van der Waals surface area contributed by atoms with E-state index in [2.05, 4.69) is 43.9 Å². The van der Waals surface area contributed by atoms with Crippen molar-refractivity contribution < 1.29 is 19.1 Å². The SMILES string of the molecule is C=C(C(N)=O)c1cc(N2CCN(CC)CC2)ccc1Nc1cc(N(C)C(=O)Nc2c(Cl)c(OC)cc(OC)c2Cl)ncn1. The van der Waals surface area contributed by atoms with Crippen LogP contribution < -0.4 is 35.6 Å². The number of ether oxygens (including phenoxy) is 2. The van der Waals surface area contributed by atoms with Crippen LogP contribution >= 0.6 is 23.2 Å². The molecule has 2 heterocycles. The fourth-order valence-corrected chi connectivity index (χ4v) is 5.16. The van der Waals surface area contributed by atoms with E-state index in [0.717, 1.165) is 38.4 Å². The minimum atomic E-state index is -0.637. The van der Waals surface area contributed by atoms with Gasteiger partial charge in [-0.3, -0.25) is 9.69 Å². The van der Waals surface area contributed by atoms with E-state index in [9.17, 15) is 9.59 Å². The number of hydrogen-bond acceptors (Lipinski definition) is 9. The predicted octanol–water partition coefficient (Wildman–Crippen LogP) is 4.85. The molecule has 1 aromatic heterocycles. The number of nitrogens with two attached hydrogens (primary N) is 1. The van der Waals surface area contributed by atoms with Crippen molar-refractivity contribution in [3.8, 4) is 11.5 Å². The highest BCUT2D eigenvalue weighted by atomic mass is 35.5. The van der Waals surface area contributed by atoms with Crippen molar-refractivity contribution in [2.75, 3.05) is 74.4 Å². The number of nitrogens with one attached hydrogen (secondary N) is 2. The summed E-state index contributed by atoms with van der Waals surface area (Å²) in [6.45, 7) is 10.7. The van der Waals surface area contributed by atoms with Crippen LogP contribution in [0.4, 0.5) is 33.5 Å². The van der Waals surface area contributed by atoms with Crippen LogP contribution in [0.15, 0.2) is 43.2 Å². The van der Waals surface area contributed by atoms with Gasteiger partial charge in [-0.2, -0.15) is 0 Å². The minimum absolute atomic E-state index is 0.109. The van der Waals surface area contributed by atoms with Crippen molar-refractivity contribution in [2.45, 2.75) is 6.92 Å². The molecule has 0 aliphatic carbocycles. The topological polar surface area (TPSA) is 138 Å².